The number of benzene rings is 2. The van der Waals surface area contributed by atoms with Gasteiger partial charge in [-0.1, -0.05) is 24.3 Å². The van der Waals surface area contributed by atoms with Gasteiger partial charge in [-0.15, -0.1) is 5.10 Å². The standard InChI is InChI=1S/C18H20N6O2S/c19-18-20-17(21-22-18)13-7-8-23(11-13)9-10-24-14-5-1-3-12-4-2-6-15(16(12)14)27(24,25)26/h1-6,13H,7-11H2,(H3,19,20,21,22). The molecule has 0 bridgehead atoms. The Balaban J connectivity index is 1.34. The molecule has 1 unspecified atom stereocenters. The zero-order valence-electron chi connectivity index (χ0n) is 14.7. The zero-order valence-corrected chi connectivity index (χ0v) is 15.5. The number of nitrogens with one attached hydrogen (secondary N) is 1. The van der Waals surface area contributed by atoms with Crippen LogP contribution < -0.4 is 10.0 Å². The largest absolute Gasteiger partial charge is 0.367 e. The second-order valence-corrected chi connectivity index (χ2v) is 8.90. The molecule has 0 amide bonds. The molecule has 8 nitrogen and oxygen atoms in total. The number of nitrogens with zero attached hydrogens (tertiary/aromatic N) is 4. The third kappa shape index (κ3) is 2.57. The summed E-state index contributed by atoms with van der Waals surface area (Å²) in [4.78, 5) is 6.89. The Morgan fingerprint density at radius 2 is 2.00 bits per heavy atom. The van der Waals surface area contributed by atoms with Gasteiger partial charge in [-0.3, -0.25) is 9.40 Å². The zero-order chi connectivity index (χ0) is 18.6. The first kappa shape index (κ1) is 16.5. The fourth-order valence-corrected chi connectivity index (χ4v) is 5.86. The minimum absolute atomic E-state index is 0.255. The van der Waals surface area contributed by atoms with E-state index in [0.717, 1.165) is 41.8 Å². The lowest BCUT2D eigenvalue weighted by atomic mass is 10.1. The van der Waals surface area contributed by atoms with Gasteiger partial charge in [-0.2, -0.15) is 4.98 Å². The van der Waals surface area contributed by atoms with E-state index in [-0.39, 0.29) is 11.9 Å². The summed E-state index contributed by atoms with van der Waals surface area (Å²) < 4.78 is 27.6. The van der Waals surface area contributed by atoms with Crippen molar-refractivity contribution in [1.29, 1.82) is 0 Å². The minimum Gasteiger partial charge on any atom is -0.367 e. The Morgan fingerprint density at radius 1 is 1.19 bits per heavy atom. The molecule has 9 heteroatoms. The highest BCUT2D eigenvalue weighted by atomic mass is 32.2. The monoisotopic (exact) mass is 384 g/mol. The number of rotatable bonds is 4. The SMILES string of the molecule is Nc1n[nH]c(C2CCN(CCN3c4cccc5cccc(c45)S3(=O)=O)C2)n1. The van der Waals surface area contributed by atoms with Crippen molar-refractivity contribution in [3.05, 3.63) is 42.2 Å². The van der Waals surface area contributed by atoms with Crippen LogP contribution in [0.25, 0.3) is 10.8 Å². The molecule has 0 saturated carbocycles. The van der Waals surface area contributed by atoms with Gasteiger partial charge in [-0.25, -0.2) is 8.42 Å². The average Bonchev–Trinajstić information content (AvgIpc) is 3.34. The second-order valence-electron chi connectivity index (χ2n) is 7.07. The van der Waals surface area contributed by atoms with Gasteiger partial charge in [0.15, 0.2) is 0 Å². The number of aromatic nitrogens is 3. The molecule has 0 radical (unpaired) electrons. The lowest BCUT2D eigenvalue weighted by Crippen LogP contribution is -2.36. The predicted molar refractivity (Wildman–Crippen MR) is 103 cm³/mol. The highest BCUT2D eigenvalue weighted by molar-refractivity contribution is 7.93. The number of hydrogen-bond acceptors (Lipinski definition) is 6. The van der Waals surface area contributed by atoms with E-state index in [9.17, 15) is 8.42 Å². The number of aromatic amines is 1. The first-order valence-corrected chi connectivity index (χ1v) is 10.4. The van der Waals surface area contributed by atoms with E-state index < -0.39 is 10.0 Å². The average molecular weight is 384 g/mol. The summed E-state index contributed by atoms with van der Waals surface area (Å²) in [5, 5.41) is 8.57. The van der Waals surface area contributed by atoms with Crippen LogP contribution in [0.5, 0.6) is 0 Å². The Bertz CT molecular complexity index is 1120. The van der Waals surface area contributed by atoms with E-state index in [2.05, 4.69) is 20.1 Å². The van der Waals surface area contributed by atoms with Crippen LogP contribution in [0.15, 0.2) is 41.3 Å². The molecule has 3 N–H and O–H groups in total. The van der Waals surface area contributed by atoms with Crippen LogP contribution in [0.4, 0.5) is 11.6 Å². The van der Waals surface area contributed by atoms with Crippen molar-refractivity contribution in [1.82, 2.24) is 20.1 Å². The van der Waals surface area contributed by atoms with Crippen LogP contribution in [-0.4, -0.2) is 54.7 Å². The molecule has 1 fully saturated rings. The molecule has 27 heavy (non-hydrogen) atoms. The molecule has 0 aliphatic carbocycles. The fourth-order valence-electron chi connectivity index (χ4n) is 4.16. The Morgan fingerprint density at radius 3 is 2.78 bits per heavy atom. The Kier molecular flexibility index (Phi) is 3.63. The quantitative estimate of drug-likeness (QED) is 0.706. The maximum atomic E-state index is 13.0. The highest BCUT2D eigenvalue weighted by Gasteiger charge is 2.36. The van der Waals surface area contributed by atoms with Crippen LogP contribution >= 0.6 is 0 Å². The van der Waals surface area contributed by atoms with Crippen LogP contribution in [0.1, 0.15) is 18.2 Å². The summed E-state index contributed by atoms with van der Waals surface area (Å²) in [7, 11) is -3.49. The molecule has 3 heterocycles. The van der Waals surface area contributed by atoms with Crippen molar-refractivity contribution >= 4 is 32.4 Å². The fraction of sp³-hybridized carbons (Fsp3) is 0.333. The van der Waals surface area contributed by atoms with Gasteiger partial charge in [-0.05, 0) is 30.5 Å². The summed E-state index contributed by atoms with van der Waals surface area (Å²) in [6.07, 6.45) is 0.956. The smallest absolute Gasteiger partial charge is 0.265 e. The summed E-state index contributed by atoms with van der Waals surface area (Å²) in [5.74, 6) is 1.32. The predicted octanol–water partition coefficient (Wildman–Crippen LogP) is 1.54. The number of nitrogen functional groups attached to an aromatic ring is 1. The van der Waals surface area contributed by atoms with Crippen LogP contribution in [0.3, 0.4) is 0 Å². The Hall–Kier alpha value is -2.65. The topological polar surface area (TPSA) is 108 Å². The van der Waals surface area contributed by atoms with E-state index in [4.69, 9.17) is 5.73 Å². The second kappa shape index (κ2) is 5.93. The lowest BCUT2D eigenvalue weighted by Gasteiger charge is -2.23. The van der Waals surface area contributed by atoms with Crippen molar-refractivity contribution in [2.75, 3.05) is 36.2 Å². The van der Waals surface area contributed by atoms with Crippen LogP contribution in [-0.2, 0) is 10.0 Å². The van der Waals surface area contributed by atoms with E-state index in [0.29, 0.717) is 18.0 Å². The van der Waals surface area contributed by atoms with E-state index in [1.165, 1.54) is 0 Å². The molecule has 0 spiro atoms. The summed E-state index contributed by atoms with van der Waals surface area (Å²) in [6, 6.07) is 11.2. The van der Waals surface area contributed by atoms with Crippen molar-refractivity contribution in [2.24, 2.45) is 0 Å². The van der Waals surface area contributed by atoms with E-state index in [1.807, 2.05) is 24.3 Å². The van der Waals surface area contributed by atoms with Gasteiger partial charge in [0.25, 0.3) is 10.0 Å². The van der Waals surface area contributed by atoms with Crippen molar-refractivity contribution in [2.45, 2.75) is 17.2 Å². The number of likely N-dealkylation sites (tertiary alicyclic amines) is 1. The first-order chi connectivity index (χ1) is 13.0. The van der Waals surface area contributed by atoms with Gasteiger partial charge in [0.1, 0.15) is 5.82 Å². The van der Waals surface area contributed by atoms with E-state index in [1.54, 1.807) is 16.4 Å². The molecule has 140 valence electrons. The molecule has 5 rings (SSSR count). The minimum atomic E-state index is -3.49. The molecular formula is C18H20N6O2S. The van der Waals surface area contributed by atoms with E-state index >= 15 is 0 Å². The number of nitrogens with two attached hydrogens (primary N) is 1. The summed E-state index contributed by atoms with van der Waals surface area (Å²) in [6.45, 7) is 2.82. The maximum Gasteiger partial charge on any atom is 0.265 e. The molecular weight excluding hydrogens is 364 g/mol. The van der Waals surface area contributed by atoms with Gasteiger partial charge < -0.3 is 10.6 Å². The lowest BCUT2D eigenvalue weighted by molar-refractivity contribution is 0.343. The van der Waals surface area contributed by atoms with Gasteiger partial charge >= 0.3 is 0 Å². The summed E-state index contributed by atoms with van der Waals surface area (Å²) in [5.41, 5.74) is 6.37. The first-order valence-electron chi connectivity index (χ1n) is 8.98. The number of anilines is 2. The summed E-state index contributed by atoms with van der Waals surface area (Å²) >= 11 is 0. The van der Waals surface area contributed by atoms with Crippen molar-refractivity contribution in [3.8, 4) is 0 Å². The molecule has 3 aromatic rings. The van der Waals surface area contributed by atoms with Crippen LogP contribution in [0.2, 0.25) is 0 Å². The van der Waals surface area contributed by atoms with Gasteiger partial charge in [0.2, 0.25) is 5.95 Å². The molecule has 1 aromatic heterocycles. The number of hydrogen-bond donors (Lipinski definition) is 2. The number of H-pyrrole nitrogens is 1. The Labute approximate surface area is 157 Å². The third-order valence-corrected chi connectivity index (χ3v) is 7.34. The number of sulfonamides is 1. The van der Waals surface area contributed by atoms with Gasteiger partial charge in [0.05, 0.1) is 10.6 Å². The normalized spacial score (nSPS) is 21.3. The van der Waals surface area contributed by atoms with Gasteiger partial charge in [0, 0.05) is 30.9 Å². The van der Waals surface area contributed by atoms with Crippen molar-refractivity contribution < 1.29 is 8.42 Å². The molecule has 2 aliphatic heterocycles. The molecule has 1 atom stereocenters. The molecule has 2 aliphatic rings. The molecule has 1 saturated heterocycles. The van der Waals surface area contributed by atoms with Crippen molar-refractivity contribution in [3.63, 3.8) is 0 Å². The van der Waals surface area contributed by atoms with Crippen LogP contribution in [0, 0.1) is 0 Å². The highest BCUT2D eigenvalue weighted by Crippen LogP contribution is 2.41. The maximum absolute atomic E-state index is 13.0. The third-order valence-electron chi connectivity index (χ3n) is 5.48. The molecule has 2 aromatic carbocycles.